The van der Waals surface area contributed by atoms with Crippen LogP contribution in [0.3, 0.4) is 0 Å². The van der Waals surface area contributed by atoms with E-state index in [4.69, 9.17) is 4.74 Å². The van der Waals surface area contributed by atoms with Gasteiger partial charge in [-0.2, -0.15) is 0 Å². The van der Waals surface area contributed by atoms with Crippen molar-refractivity contribution in [3.05, 3.63) is 88.9 Å². The molecule has 1 atom stereocenters. The van der Waals surface area contributed by atoms with Crippen LogP contribution in [0.2, 0.25) is 0 Å². The molecule has 0 aliphatic carbocycles. The number of sulfonamides is 1. The Balaban J connectivity index is 1.54. The third-order valence-corrected chi connectivity index (χ3v) is 6.15. The van der Waals surface area contributed by atoms with E-state index in [0.29, 0.717) is 11.4 Å². The van der Waals surface area contributed by atoms with Gasteiger partial charge in [-0.1, -0.05) is 46.3 Å². The van der Waals surface area contributed by atoms with Gasteiger partial charge in [0.1, 0.15) is 5.75 Å². The van der Waals surface area contributed by atoms with Crippen molar-refractivity contribution in [1.82, 2.24) is 5.32 Å². The summed E-state index contributed by atoms with van der Waals surface area (Å²) in [5.74, 6) is 0.129. The number of amides is 1. The van der Waals surface area contributed by atoms with Crippen molar-refractivity contribution in [2.75, 3.05) is 11.3 Å². The number of rotatable bonds is 8. The van der Waals surface area contributed by atoms with Gasteiger partial charge in [0.15, 0.2) is 6.61 Å². The Morgan fingerprint density at radius 2 is 1.70 bits per heavy atom. The molecule has 3 aromatic carbocycles. The van der Waals surface area contributed by atoms with Crippen molar-refractivity contribution >= 4 is 37.5 Å². The molecular formula is C22H21BrN2O4S. The Kier molecular flexibility index (Phi) is 7.12. The summed E-state index contributed by atoms with van der Waals surface area (Å²) >= 11 is 3.41. The summed E-state index contributed by atoms with van der Waals surface area (Å²) in [5.41, 5.74) is 1.45. The average Bonchev–Trinajstić information content (AvgIpc) is 2.73. The smallest absolute Gasteiger partial charge is 0.261 e. The van der Waals surface area contributed by atoms with Crippen LogP contribution in [0.5, 0.6) is 5.75 Å². The highest BCUT2D eigenvalue weighted by molar-refractivity contribution is 9.10. The van der Waals surface area contributed by atoms with Crippen molar-refractivity contribution in [3.63, 3.8) is 0 Å². The van der Waals surface area contributed by atoms with Crippen molar-refractivity contribution in [2.24, 2.45) is 0 Å². The van der Waals surface area contributed by atoms with Crippen LogP contribution >= 0.6 is 15.9 Å². The molecular weight excluding hydrogens is 468 g/mol. The molecule has 0 aliphatic rings. The molecule has 3 aromatic rings. The van der Waals surface area contributed by atoms with E-state index in [1.807, 2.05) is 31.2 Å². The van der Waals surface area contributed by atoms with Gasteiger partial charge in [0.2, 0.25) is 0 Å². The van der Waals surface area contributed by atoms with Gasteiger partial charge in [-0.05, 0) is 61.0 Å². The lowest BCUT2D eigenvalue weighted by atomic mass is 10.1. The van der Waals surface area contributed by atoms with Gasteiger partial charge < -0.3 is 10.1 Å². The zero-order chi connectivity index (χ0) is 21.6. The standard InChI is InChI=1S/C22H21BrN2O4S/c1-16(17-6-5-7-18(23)14-17)24-22(26)15-29-20-10-12-21(13-11-20)30(27,28)25-19-8-3-2-4-9-19/h2-14,16,25H,15H2,1H3,(H,24,26)/t16-/m1/s1. The van der Waals surface area contributed by atoms with Crippen molar-refractivity contribution in [3.8, 4) is 5.75 Å². The van der Waals surface area contributed by atoms with E-state index in [9.17, 15) is 13.2 Å². The van der Waals surface area contributed by atoms with Crippen LogP contribution in [0, 0.1) is 0 Å². The molecule has 0 fully saturated rings. The summed E-state index contributed by atoms with van der Waals surface area (Å²) in [4.78, 5) is 12.3. The molecule has 3 rings (SSSR count). The van der Waals surface area contributed by atoms with Crippen LogP contribution in [0.1, 0.15) is 18.5 Å². The van der Waals surface area contributed by atoms with Crippen molar-refractivity contribution in [1.29, 1.82) is 0 Å². The second kappa shape index (κ2) is 9.77. The molecule has 0 aliphatic heterocycles. The highest BCUT2D eigenvalue weighted by Gasteiger charge is 2.15. The number of nitrogens with one attached hydrogen (secondary N) is 2. The Hall–Kier alpha value is -2.84. The summed E-state index contributed by atoms with van der Waals surface area (Å²) in [6.07, 6.45) is 0. The zero-order valence-corrected chi connectivity index (χ0v) is 18.6. The predicted molar refractivity (Wildman–Crippen MR) is 120 cm³/mol. The maximum absolute atomic E-state index is 12.4. The molecule has 1 amide bonds. The number of carbonyl (C=O) groups excluding carboxylic acids is 1. The van der Waals surface area contributed by atoms with Crippen LogP contribution in [0.4, 0.5) is 5.69 Å². The van der Waals surface area contributed by atoms with Crippen LogP contribution < -0.4 is 14.8 Å². The monoisotopic (exact) mass is 488 g/mol. The molecule has 0 bridgehead atoms. The number of benzene rings is 3. The third-order valence-electron chi connectivity index (χ3n) is 4.26. The maximum Gasteiger partial charge on any atom is 0.261 e. The van der Waals surface area contributed by atoms with E-state index in [-0.39, 0.29) is 23.5 Å². The minimum absolute atomic E-state index is 0.103. The molecule has 0 spiro atoms. The van der Waals surface area contributed by atoms with Crippen molar-refractivity contribution in [2.45, 2.75) is 17.9 Å². The molecule has 0 saturated heterocycles. The van der Waals surface area contributed by atoms with E-state index < -0.39 is 10.0 Å². The zero-order valence-electron chi connectivity index (χ0n) is 16.2. The molecule has 0 heterocycles. The fraction of sp³-hybridized carbons (Fsp3) is 0.136. The summed E-state index contributed by atoms with van der Waals surface area (Å²) < 4.78 is 33.8. The second-order valence-corrected chi connectivity index (χ2v) is 9.17. The highest BCUT2D eigenvalue weighted by Crippen LogP contribution is 2.20. The number of ether oxygens (including phenoxy) is 1. The van der Waals surface area contributed by atoms with Crippen molar-refractivity contribution < 1.29 is 17.9 Å². The van der Waals surface area contributed by atoms with Gasteiger partial charge >= 0.3 is 0 Å². The Morgan fingerprint density at radius 1 is 1.00 bits per heavy atom. The van der Waals surface area contributed by atoms with Crippen LogP contribution in [0.25, 0.3) is 0 Å². The van der Waals surface area contributed by atoms with Crippen LogP contribution in [0.15, 0.2) is 88.2 Å². The van der Waals surface area contributed by atoms with Gasteiger partial charge in [0, 0.05) is 10.2 Å². The first kappa shape index (κ1) is 21.9. The van der Waals surface area contributed by atoms with E-state index in [2.05, 4.69) is 26.0 Å². The van der Waals surface area contributed by atoms with Gasteiger partial charge in [-0.15, -0.1) is 0 Å². The summed E-state index contributed by atoms with van der Waals surface area (Å²) in [6, 6.07) is 22.1. The fourth-order valence-electron chi connectivity index (χ4n) is 2.73. The minimum Gasteiger partial charge on any atom is -0.484 e. The summed E-state index contributed by atoms with van der Waals surface area (Å²) in [5, 5.41) is 2.87. The Morgan fingerprint density at radius 3 is 2.37 bits per heavy atom. The molecule has 2 N–H and O–H groups in total. The van der Waals surface area contributed by atoms with Crippen LogP contribution in [-0.4, -0.2) is 20.9 Å². The Labute approximate surface area is 184 Å². The lowest BCUT2D eigenvalue weighted by Crippen LogP contribution is -2.31. The van der Waals surface area contributed by atoms with E-state index in [0.717, 1.165) is 10.0 Å². The van der Waals surface area contributed by atoms with E-state index >= 15 is 0 Å². The molecule has 0 aromatic heterocycles. The van der Waals surface area contributed by atoms with Gasteiger partial charge in [-0.3, -0.25) is 9.52 Å². The number of anilines is 1. The first-order valence-electron chi connectivity index (χ1n) is 9.19. The molecule has 6 nitrogen and oxygen atoms in total. The number of halogens is 1. The average molecular weight is 489 g/mol. The van der Waals surface area contributed by atoms with Gasteiger partial charge in [-0.25, -0.2) is 8.42 Å². The molecule has 0 radical (unpaired) electrons. The first-order valence-corrected chi connectivity index (χ1v) is 11.5. The topological polar surface area (TPSA) is 84.5 Å². The number of carbonyl (C=O) groups is 1. The summed E-state index contributed by atoms with van der Waals surface area (Å²) in [6.45, 7) is 1.71. The van der Waals surface area contributed by atoms with Crippen LogP contribution in [-0.2, 0) is 14.8 Å². The summed E-state index contributed by atoms with van der Waals surface area (Å²) in [7, 11) is -3.70. The highest BCUT2D eigenvalue weighted by atomic mass is 79.9. The molecule has 0 unspecified atom stereocenters. The lowest BCUT2D eigenvalue weighted by Gasteiger charge is -2.15. The van der Waals surface area contributed by atoms with Gasteiger partial charge in [0.25, 0.3) is 15.9 Å². The number of para-hydroxylation sites is 1. The Bertz CT molecular complexity index is 1100. The first-order chi connectivity index (χ1) is 14.3. The van der Waals surface area contributed by atoms with E-state index in [1.165, 1.54) is 24.3 Å². The predicted octanol–water partition coefficient (Wildman–Crippen LogP) is 4.51. The molecule has 156 valence electrons. The molecule has 30 heavy (non-hydrogen) atoms. The number of hydrogen-bond donors (Lipinski definition) is 2. The SMILES string of the molecule is C[C@@H](NC(=O)COc1ccc(S(=O)(=O)Nc2ccccc2)cc1)c1cccc(Br)c1. The van der Waals surface area contributed by atoms with Gasteiger partial charge in [0.05, 0.1) is 10.9 Å². The number of hydrogen-bond acceptors (Lipinski definition) is 4. The largest absolute Gasteiger partial charge is 0.484 e. The molecule has 8 heteroatoms. The molecule has 0 saturated carbocycles. The fourth-order valence-corrected chi connectivity index (χ4v) is 4.20. The lowest BCUT2D eigenvalue weighted by molar-refractivity contribution is -0.123. The minimum atomic E-state index is -3.70. The van der Waals surface area contributed by atoms with E-state index in [1.54, 1.807) is 30.3 Å². The quantitative estimate of drug-likeness (QED) is 0.488. The normalized spacial score (nSPS) is 12.1. The maximum atomic E-state index is 12.4. The second-order valence-electron chi connectivity index (χ2n) is 6.58. The third kappa shape index (κ3) is 6.08.